The summed E-state index contributed by atoms with van der Waals surface area (Å²) in [5.41, 5.74) is 4.08. The Morgan fingerprint density at radius 3 is 2.47 bits per heavy atom. The second kappa shape index (κ2) is 3.39. The number of aromatic hydroxyl groups is 1. The third kappa shape index (κ3) is 1.27. The maximum atomic E-state index is 10.1. The first kappa shape index (κ1) is 10.5. The predicted octanol–water partition coefficient (Wildman–Crippen LogP) is 3.29. The van der Waals surface area contributed by atoms with E-state index in [2.05, 4.69) is 12.2 Å². The van der Waals surface area contributed by atoms with Crippen molar-refractivity contribution in [2.75, 3.05) is 0 Å². The Kier molecular flexibility index (Phi) is 2.09. The normalized spacial score (nSPS) is 24.4. The molecule has 2 aliphatic rings. The van der Waals surface area contributed by atoms with Gasteiger partial charge in [0.05, 0.1) is 0 Å². The molecule has 17 heavy (non-hydrogen) atoms. The van der Waals surface area contributed by atoms with Crippen molar-refractivity contribution in [3.63, 3.8) is 0 Å². The van der Waals surface area contributed by atoms with E-state index in [1.54, 1.807) is 0 Å². The Morgan fingerprint density at radius 1 is 1.00 bits per heavy atom. The summed E-state index contributed by atoms with van der Waals surface area (Å²) in [6.07, 6.45) is 8.39. The Hall–Kier alpha value is -1.70. The smallest absolute Gasteiger partial charge is 0.128 e. The highest BCUT2D eigenvalue weighted by Crippen LogP contribution is 2.48. The molecular formula is C15H16O2. The van der Waals surface area contributed by atoms with Crippen LogP contribution in [0.5, 0.6) is 11.5 Å². The summed E-state index contributed by atoms with van der Waals surface area (Å²) < 4.78 is 6.01. The predicted molar refractivity (Wildman–Crippen MR) is 67.8 cm³/mol. The van der Waals surface area contributed by atoms with E-state index < -0.39 is 0 Å². The number of fused-ring (bicyclic) bond motifs is 3. The van der Waals surface area contributed by atoms with E-state index in [4.69, 9.17) is 4.74 Å². The van der Waals surface area contributed by atoms with Gasteiger partial charge in [-0.2, -0.15) is 0 Å². The van der Waals surface area contributed by atoms with Gasteiger partial charge in [0, 0.05) is 11.5 Å². The SMILES string of the molecule is Cc1c(C)c2c(c(C)c1O)[C@@H]1C=CC=C[C@@H]1O2. The van der Waals surface area contributed by atoms with Crippen LogP contribution in [-0.4, -0.2) is 11.2 Å². The number of phenols is 1. The molecule has 1 aromatic rings. The summed E-state index contributed by atoms with van der Waals surface area (Å²) >= 11 is 0. The van der Waals surface area contributed by atoms with Crippen molar-refractivity contribution in [2.45, 2.75) is 32.8 Å². The van der Waals surface area contributed by atoms with Crippen molar-refractivity contribution in [1.29, 1.82) is 0 Å². The molecule has 0 unspecified atom stereocenters. The van der Waals surface area contributed by atoms with E-state index in [1.165, 1.54) is 0 Å². The van der Waals surface area contributed by atoms with Crippen LogP contribution in [0.4, 0.5) is 0 Å². The summed E-state index contributed by atoms with van der Waals surface area (Å²) in [6.45, 7) is 5.92. The molecular weight excluding hydrogens is 212 g/mol. The molecule has 1 aliphatic carbocycles. The average molecular weight is 228 g/mol. The third-order valence-electron chi connectivity index (χ3n) is 3.93. The van der Waals surface area contributed by atoms with Crippen LogP contribution in [-0.2, 0) is 0 Å². The van der Waals surface area contributed by atoms with E-state index in [9.17, 15) is 5.11 Å². The highest BCUT2D eigenvalue weighted by Gasteiger charge is 2.36. The van der Waals surface area contributed by atoms with Gasteiger partial charge >= 0.3 is 0 Å². The number of ether oxygens (including phenoxy) is 1. The van der Waals surface area contributed by atoms with Crippen molar-refractivity contribution < 1.29 is 9.84 Å². The molecule has 1 N–H and O–H groups in total. The number of rotatable bonds is 0. The molecule has 3 rings (SSSR count). The van der Waals surface area contributed by atoms with E-state index in [0.29, 0.717) is 5.75 Å². The molecule has 0 aromatic heterocycles. The lowest BCUT2D eigenvalue weighted by Crippen LogP contribution is -2.15. The largest absolute Gasteiger partial charge is 0.507 e. The van der Waals surface area contributed by atoms with E-state index in [1.807, 2.05) is 32.9 Å². The molecule has 0 amide bonds. The zero-order chi connectivity index (χ0) is 12.2. The number of phenolic OH excluding ortho intramolecular Hbond substituents is 1. The number of hydrogen-bond acceptors (Lipinski definition) is 2. The first-order chi connectivity index (χ1) is 8.11. The third-order valence-corrected chi connectivity index (χ3v) is 3.93. The van der Waals surface area contributed by atoms with E-state index in [-0.39, 0.29) is 12.0 Å². The molecule has 2 atom stereocenters. The summed E-state index contributed by atoms with van der Waals surface area (Å²) in [5, 5.41) is 10.1. The molecule has 2 nitrogen and oxygen atoms in total. The van der Waals surface area contributed by atoms with Gasteiger partial charge in [-0.25, -0.2) is 0 Å². The van der Waals surface area contributed by atoms with Crippen LogP contribution in [0.1, 0.15) is 28.2 Å². The Morgan fingerprint density at radius 2 is 1.71 bits per heavy atom. The molecule has 0 bridgehead atoms. The minimum absolute atomic E-state index is 0.0913. The second-order valence-electron chi connectivity index (χ2n) is 4.84. The highest BCUT2D eigenvalue weighted by molar-refractivity contribution is 5.62. The van der Waals surface area contributed by atoms with Crippen LogP contribution in [0, 0.1) is 20.8 Å². The Bertz CT molecular complexity index is 553. The summed E-state index contributed by atoms with van der Waals surface area (Å²) in [6, 6.07) is 0. The standard InChI is InChI=1S/C15H16O2/c1-8-9(2)15-13(10(3)14(8)16)11-6-4-5-7-12(11)17-15/h4-7,11-12,16H,1-3H3/t11-,12+/m1/s1. The Labute approximate surface area is 101 Å². The van der Waals surface area contributed by atoms with Gasteiger partial charge in [0.2, 0.25) is 0 Å². The lowest BCUT2D eigenvalue weighted by Gasteiger charge is -2.15. The van der Waals surface area contributed by atoms with Crippen molar-refractivity contribution >= 4 is 0 Å². The minimum atomic E-state index is 0.0913. The van der Waals surface area contributed by atoms with Crippen molar-refractivity contribution in [1.82, 2.24) is 0 Å². The lowest BCUT2D eigenvalue weighted by molar-refractivity contribution is 0.267. The molecule has 0 saturated carbocycles. The molecule has 0 fully saturated rings. The van der Waals surface area contributed by atoms with E-state index >= 15 is 0 Å². The van der Waals surface area contributed by atoms with Crippen LogP contribution in [0.25, 0.3) is 0 Å². The van der Waals surface area contributed by atoms with Crippen molar-refractivity contribution in [3.05, 3.63) is 46.6 Å². The summed E-state index contributed by atoms with van der Waals surface area (Å²) in [4.78, 5) is 0. The first-order valence-corrected chi connectivity index (χ1v) is 5.95. The number of hydrogen-bond donors (Lipinski definition) is 1. The molecule has 1 aliphatic heterocycles. The Balaban J connectivity index is 2.27. The molecule has 0 spiro atoms. The van der Waals surface area contributed by atoms with Gasteiger partial charge in [0.25, 0.3) is 0 Å². The van der Waals surface area contributed by atoms with Crippen molar-refractivity contribution in [2.24, 2.45) is 0 Å². The summed E-state index contributed by atoms with van der Waals surface area (Å²) in [5.74, 6) is 1.62. The molecule has 88 valence electrons. The van der Waals surface area contributed by atoms with Gasteiger partial charge in [0.15, 0.2) is 0 Å². The quantitative estimate of drug-likeness (QED) is 0.738. The maximum Gasteiger partial charge on any atom is 0.128 e. The van der Waals surface area contributed by atoms with Gasteiger partial charge in [-0.15, -0.1) is 0 Å². The fourth-order valence-corrected chi connectivity index (χ4v) is 2.78. The van der Waals surface area contributed by atoms with Gasteiger partial charge in [0.1, 0.15) is 17.6 Å². The molecule has 0 saturated heterocycles. The van der Waals surface area contributed by atoms with Crippen LogP contribution in [0.3, 0.4) is 0 Å². The number of allylic oxidation sites excluding steroid dienone is 2. The average Bonchev–Trinajstić information content (AvgIpc) is 2.73. The molecule has 2 heteroatoms. The van der Waals surface area contributed by atoms with Crippen LogP contribution in [0.15, 0.2) is 24.3 Å². The van der Waals surface area contributed by atoms with Gasteiger partial charge in [-0.3, -0.25) is 0 Å². The molecule has 1 aromatic carbocycles. The fraction of sp³-hybridized carbons (Fsp3) is 0.333. The van der Waals surface area contributed by atoms with Crippen LogP contribution >= 0.6 is 0 Å². The van der Waals surface area contributed by atoms with Gasteiger partial charge in [-0.05, 0) is 43.5 Å². The number of benzene rings is 1. The minimum Gasteiger partial charge on any atom is -0.507 e. The van der Waals surface area contributed by atoms with Crippen molar-refractivity contribution in [3.8, 4) is 11.5 Å². The molecule has 1 heterocycles. The maximum absolute atomic E-state index is 10.1. The van der Waals surface area contributed by atoms with Gasteiger partial charge < -0.3 is 9.84 Å². The molecule has 0 radical (unpaired) electrons. The first-order valence-electron chi connectivity index (χ1n) is 5.95. The highest BCUT2D eigenvalue weighted by atomic mass is 16.5. The fourth-order valence-electron chi connectivity index (χ4n) is 2.78. The zero-order valence-corrected chi connectivity index (χ0v) is 10.3. The lowest BCUT2D eigenvalue weighted by atomic mass is 9.86. The second-order valence-corrected chi connectivity index (χ2v) is 4.84. The van der Waals surface area contributed by atoms with Gasteiger partial charge in [-0.1, -0.05) is 18.2 Å². The zero-order valence-electron chi connectivity index (χ0n) is 10.3. The van der Waals surface area contributed by atoms with E-state index in [0.717, 1.165) is 28.0 Å². The monoisotopic (exact) mass is 228 g/mol. The summed E-state index contributed by atoms with van der Waals surface area (Å²) in [7, 11) is 0. The topological polar surface area (TPSA) is 29.5 Å². The van der Waals surface area contributed by atoms with Crippen LogP contribution < -0.4 is 4.74 Å². The van der Waals surface area contributed by atoms with Crippen LogP contribution in [0.2, 0.25) is 0 Å².